The molecule has 0 aromatic heterocycles. The van der Waals surface area contributed by atoms with Gasteiger partial charge in [0.25, 0.3) is 0 Å². The van der Waals surface area contributed by atoms with Gasteiger partial charge in [-0.3, -0.25) is 0 Å². The fraction of sp³-hybridized carbons (Fsp3) is 0.857. The fourth-order valence-electron chi connectivity index (χ4n) is 1.57. The number of carbonyl (C=O) groups is 1. The second-order valence-corrected chi connectivity index (χ2v) is 6.00. The number of nitrogens with one attached hydrogen (secondary N) is 1. The summed E-state index contributed by atoms with van der Waals surface area (Å²) < 4.78 is 53.1. The largest absolute Gasteiger partial charge is 0.490 e. The molecule has 0 atom stereocenters. The number of carboxylic acid groups (broad SMARTS) is 1. The molecule has 0 amide bonds. The molecule has 2 saturated heterocycles. The molecular weight excluding hydrogens is 251 g/mol. The van der Waals surface area contributed by atoms with Gasteiger partial charge in [0.05, 0.1) is 11.5 Å². The Morgan fingerprint density at radius 3 is 1.69 bits per heavy atom. The van der Waals surface area contributed by atoms with Crippen molar-refractivity contribution >= 4 is 15.8 Å². The third kappa shape index (κ3) is 3.08. The highest BCUT2D eigenvalue weighted by Gasteiger charge is 2.52. The standard InChI is InChI=1S/C5H9NO2S.C2HF3O2/c7-9(8)3-5(4-9)1-6-2-5;3-2(4,5)1(6)7/h6H,1-4H2;(H,6,7). The molecule has 0 aromatic rings. The van der Waals surface area contributed by atoms with E-state index < -0.39 is 22.0 Å². The molecule has 2 aliphatic rings. The van der Waals surface area contributed by atoms with E-state index in [9.17, 15) is 21.6 Å². The summed E-state index contributed by atoms with van der Waals surface area (Å²) in [6, 6.07) is 0. The van der Waals surface area contributed by atoms with E-state index >= 15 is 0 Å². The maximum atomic E-state index is 10.7. The minimum atomic E-state index is -5.08. The van der Waals surface area contributed by atoms with Gasteiger partial charge in [0, 0.05) is 18.5 Å². The quantitative estimate of drug-likeness (QED) is 0.622. The Morgan fingerprint density at radius 1 is 1.25 bits per heavy atom. The minimum absolute atomic E-state index is 0.179. The Balaban J connectivity index is 0.000000168. The lowest BCUT2D eigenvalue weighted by atomic mass is 9.85. The van der Waals surface area contributed by atoms with Crippen molar-refractivity contribution in [2.45, 2.75) is 6.18 Å². The summed E-state index contributed by atoms with van der Waals surface area (Å²) in [4.78, 5) is 8.90. The van der Waals surface area contributed by atoms with Crippen LogP contribution < -0.4 is 5.32 Å². The number of hydrogen-bond acceptors (Lipinski definition) is 4. The molecule has 1 spiro atoms. The van der Waals surface area contributed by atoms with Crippen LogP contribution in [0.25, 0.3) is 0 Å². The van der Waals surface area contributed by atoms with E-state index in [4.69, 9.17) is 9.90 Å². The average molecular weight is 261 g/mol. The summed E-state index contributed by atoms with van der Waals surface area (Å²) in [6.07, 6.45) is -5.08. The van der Waals surface area contributed by atoms with Gasteiger partial charge in [-0.05, 0) is 0 Å². The van der Waals surface area contributed by atoms with Crippen molar-refractivity contribution in [3.8, 4) is 0 Å². The SMILES string of the molecule is O=C(O)C(F)(F)F.O=S1(=O)CC2(CNC2)C1. The van der Waals surface area contributed by atoms with Gasteiger partial charge >= 0.3 is 12.1 Å². The third-order valence-corrected chi connectivity index (χ3v) is 4.40. The smallest absolute Gasteiger partial charge is 0.475 e. The summed E-state index contributed by atoms with van der Waals surface area (Å²) in [5.74, 6) is -1.91. The normalized spacial score (nSPS) is 24.7. The minimum Gasteiger partial charge on any atom is -0.475 e. The van der Waals surface area contributed by atoms with E-state index in [1.165, 1.54) is 0 Å². The van der Waals surface area contributed by atoms with Crippen molar-refractivity contribution in [2.24, 2.45) is 5.41 Å². The fourth-order valence-corrected chi connectivity index (χ4v) is 3.76. The summed E-state index contributed by atoms with van der Waals surface area (Å²) in [5.41, 5.74) is 0.179. The van der Waals surface area contributed by atoms with Crippen molar-refractivity contribution in [1.82, 2.24) is 5.32 Å². The van der Waals surface area contributed by atoms with Crippen LogP contribution >= 0.6 is 0 Å². The molecule has 94 valence electrons. The maximum Gasteiger partial charge on any atom is 0.490 e. The molecule has 16 heavy (non-hydrogen) atoms. The molecule has 0 saturated carbocycles. The first-order valence-electron chi connectivity index (χ1n) is 4.28. The Bertz CT molecular complexity index is 371. The summed E-state index contributed by atoms with van der Waals surface area (Å²) in [5, 5.41) is 10.2. The lowest BCUT2D eigenvalue weighted by Gasteiger charge is -2.48. The first-order valence-corrected chi connectivity index (χ1v) is 6.10. The lowest BCUT2D eigenvalue weighted by molar-refractivity contribution is -0.192. The van der Waals surface area contributed by atoms with Crippen molar-refractivity contribution in [1.29, 1.82) is 0 Å². The Morgan fingerprint density at radius 2 is 1.62 bits per heavy atom. The van der Waals surface area contributed by atoms with E-state index in [0.29, 0.717) is 11.5 Å². The predicted octanol–water partition coefficient (Wildman–Crippen LogP) is -0.362. The molecule has 2 heterocycles. The van der Waals surface area contributed by atoms with Crippen LogP contribution in [0, 0.1) is 5.41 Å². The number of hydrogen-bond donors (Lipinski definition) is 2. The van der Waals surface area contributed by atoms with E-state index in [2.05, 4.69) is 5.32 Å². The van der Waals surface area contributed by atoms with E-state index in [1.54, 1.807) is 0 Å². The van der Waals surface area contributed by atoms with E-state index in [0.717, 1.165) is 13.1 Å². The van der Waals surface area contributed by atoms with Gasteiger partial charge < -0.3 is 10.4 Å². The van der Waals surface area contributed by atoms with E-state index in [1.807, 2.05) is 0 Å². The molecule has 0 unspecified atom stereocenters. The first-order chi connectivity index (χ1) is 7.06. The predicted molar refractivity (Wildman–Crippen MR) is 47.6 cm³/mol. The first kappa shape index (κ1) is 13.2. The molecule has 5 nitrogen and oxygen atoms in total. The molecule has 2 aliphatic heterocycles. The second-order valence-electron chi connectivity index (χ2n) is 3.94. The van der Waals surface area contributed by atoms with Crippen molar-refractivity contribution in [3.63, 3.8) is 0 Å². The molecule has 2 fully saturated rings. The van der Waals surface area contributed by atoms with Gasteiger partial charge in [0.1, 0.15) is 0 Å². The molecular formula is C7H10F3NO4S. The molecule has 0 aliphatic carbocycles. The van der Waals surface area contributed by atoms with Crippen LogP contribution in [0.2, 0.25) is 0 Å². The zero-order valence-corrected chi connectivity index (χ0v) is 8.86. The van der Waals surface area contributed by atoms with Gasteiger partial charge in [-0.25, -0.2) is 13.2 Å². The van der Waals surface area contributed by atoms with Crippen LogP contribution in [-0.4, -0.2) is 50.3 Å². The molecule has 9 heteroatoms. The van der Waals surface area contributed by atoms with Crippen LogP contribution in [-0.2, 0) is 14.6 Å². The lowest BCUT2D eigenvalue weighted by Crippen LogP contribution is -2.66. The van der Waals surface area contributed by atoms with Crippen LogP contribution in [0.15, 0.2) is 0 Å². The van der Waals surface area contributed by atoms with Crippen LogP contribution in [0.1, 0.15) is 0 Å². The van der Waals surface area contributed by atoms with Crippen LogP contribution in [0.3, 0.4) is 0 Å². The van der Waals surface area contributed by atoms with Crippen LogP contribution in [0.5, 0.6) is 0 Å². The Hall–Kier alpha value is -0.830. The number of rotatable bonds is 0. The topological polar surface area (TPSA) is 83.5 Å². The monoisotopic (exact) mass is 261 g/mol. The number of alkyl halides is 3. The van der Waals surface area contributed by atoms with Crippen molar-refractivity contribution in [2.75, 3.05) is 24.6 Å². The Labute approximate surface area is 89.6 Å². The van der Waals surface area contributed by atoms with Gasteiger partial charge in [-0.2, -0.15) is 13.2 Å². The molecule has 2 rings (SSSR count). The van der Waals surface area contributed by atoms with Gasteiger partial charge in [0.15, 0.2) is 9.84 Å². The molecule has 0 aromatic carbocycles. The zero-order valence-electron chi connectivity index (χ0n) is 8.04. The molecule has 0 radical (unpaired) electrons. The van der Waals surface area contributed by atoms with Crippen molar-refractivity contribution in [3.05, 3.63) is 0 Å². The van der Waals surface area contributed by atoms with Gasteiger partial charge in [-0.1, -0.05) is 0 Å². The van der Waals surface area contributed by atoms with Gasteiger partial charge in [0.2, 0.25) is 0 Å². The number of aliphatic carboxylic acids is 1. The van der Waals surface area contributed by atoms with E-state index in [-0.39, 0.29) is 5.41 Å². The third-order valence-electron chi connectivity index (χ3n) is 2.29. The maximum absolute atomic E-state index is 10.7. The number of sulfone groups is 1. The van der Waals surface area contributed by atoms with Gasteiger partial charge in [-0.15, -0.1) is 0 Å². The van der Waals surface area contributed by atoms with Crippen LogP contribution in [0.4, 0.5) is 13.2 Å². The highest BCUT2D eigenvalue weighted by molar-refractivity contribution is 7.92. The summed E-state index contributed by atoms with van der Waals surface area (Å²) in [7, 11) is -2.59. The number of carboxylic acids is 1. The molecule has 0 bridgehead atoms. The number of halogens is 3. The highest BCUT2D eigenvalue weighted by Crippen LogP contribution is 2.35. The summed E-state index contributed by atoms with van der Waals surface area (Å²) >= 11 is 0. The molecule has 2 N–H and O–H groups in total. The zero-order chi connectivity index (χ0) is 12.6. The second kappa shape index (κ2) is 3.88. The summed E-state index contributed by atoms with van der Waals surface area (Å²) in [6.45, 7) is 1.82. The Kier molecular flexibility index (Phi) is 3.21. The highest BCUT2D eigenvalue weighted by atomic mass is 32.2. The average Bonchev–Trinajstić information content (AvgIpc) is 1.95. The van der Waals surface area contributed by atoms with Crippen molar-refractivity contribution < 1.29 is 31.5 Å².